The number of ether oxygens (including phenoxy) is 3. The van der Waals surface area contributed by atoms with Gasteiger partial charge in [0.15, 0.2) is 11.5 Å². The number of nitrogens with zero attached hydrogens (tertiary/aromatic N) is 2. The molecule has 7 heteroatoms. The van der Waals surface area contributed by atoms with E-state index in [1.165, 1.54) is 14.2 Å². The molecule has 0 amide bonds. The lowest BCUT2D eigenvalue weighted by atomic mass is 10.1. The standard InChI is InChI=1S/C12H13ClN2O4/c1-16-8-5-4-7(10(17-2)11(8)18-3)12-14-9(6-13)19-15-12/h4-5H,6H2,1-3H3. The van der Waals surface area contributed by atoms with Crippen LogP contribution in [-0.2, 0) is 5.88 Å². The molecule has 102 valence electrons. The molecule has 0 saturated heterocycles. The second-order valence-electron chi connectivity index (χ2n) is 3.53. The summed E-state index contributed by atoms with van der Waals surface area (Å²) >= 11 is 5.64. The van der Waals surface area contributed by atoms with Crippen LogP contribution in [0.4, 0.5) is 0 Å². The largest absolute Gasteiger partial charge is 0.493 e. The minimum Gasteiger partial charge on any atom is -0.493 e. The van der Waals surface area contributed by atoms with Crippen molar-refractivity contribution >= 4 is 11.6 Å². The third kappa shape index (κ3) is 2.44. The van der Waals surface area contributed by atoms with Gasteiger partial charge in [0.2, 0.25) is 17.5 Å². The number of hydrogen-bond donors (Lipinski definition) is 0. The summed E-state index contributed by atoms with van der Waals surface area (Å²) in [5, 5.41) is 3.85. The van der Waals surface area contributed by atoms with Crippen molar-refractivity contribution in [3.63, 3.8) is 0 Å². The SMILES string of the molecule is COc1ccc(-c2noc(CCl)n2)c(OC)c1OC. The fourth-order valence-corrected chi connectivity index (χ4v) is 1.80. The second kappa shape index (κ2) is 5.79. The zero-order valence-corrected chi connectivity index (χ0v) is 11.5. The van der Waals surface area contributed by atoms with Gasteiger partial charge in [-0.2, -0.15) is 4.98 Å². The Morgan fingerprint density at radius 2 is 1.84 bits per heavy atom. The van der Waals surface area contributed by atoms with Gasteiger partial charge >= 0.3 is 0 Å². The number of rotatable bonds is 5. The Kier molecular flexibility index (Phi) is 4.11. The normalized spacial score (nSPS) is 10.3. The highest BCUT2D eigenvalue weighted by Crippen LogP contribution is 2.43. The molecule has 2 rings (SSSR count). The Bertz CT molecular complexity index is 571. The molecule has 0 aliphatic carbocycles. The number of halogens is 1. The number of methoxy groups -OCH3 is 3. The van der Waals surface area contributed by atoms with Crippen LogP contribution in [0.2, 0.25) is 0 Å². The van der Waals surface area contributed by atoms with Gasteiger partial charge in [-0.1, -0.05) is 5.16 Å². The molecule has 1 aromatic heterocycles. The minimum atomic E-state index is 0.155. The predicted molar refractivity (Wildman–Crippen MR) is 68.9 cm³/mol. The molecule has 1 aromatic carbocycles. The number of benzene rings is 1. The van der Waals surface area contributed by atoms with Crippen molar-refractivity contribution in [2.45, 2.75) is 5.88 Å². The minimum absolute atomic E-state index is 0.155. The fourth-order valence-electron chi connectivity index (χ4n) is 1.70. The van der Waals surface area contributed by atoms with Crippen LogP contribution in [0.15, 0.2) is 16.7 Å². The quantitative estimate of drug-likeness (QED) is 0.786. The average Bonchev–Trinajstić information content (AvgIpc) is 2.94. The number of aromatic nitrogens is 2. The van der Waals surface area contributed by atoms with Crippen LogP contribution in [0.5, 0.6) is 17.2 Å². The van der Waals surface area contributed by atoms with Crippen molar-refractivity contribution in [3.8, 4) is 28.6 Å². The Morgan fingerprint density at radius 1 is 1.11 bits per heavy atom. The Balaban J connectivity index is 2.56. The van der Waals surface area contributed by atoms with Gasteiger partial charge in [0.1, 0.15) is 5.88 Å². The molecular weight excluding hydrogens is 272 g/mol. The zero-order valence-electron chi connectivity index (χ0n) is 10.8. The molecular formula is C12H13ClN2O4. The summed E-state index contributed by atoms with van der Waals surface area (Å²) in [6.45, 7) is 0. The lowest BCUT2D eigenvalue weighted by molar-refractivity contribution is 0.325. The first-order valence-corrected chi connectivity index (χ1v) is 5.96. The molecule has 0 radical (unpaired) electrons. The van der Waals surface area contributed by atoms with E-state index in [1.807, 2.05) is 0 Å². The van der Waals surface area contributed by atoms with Crippen LogP contribution in [0, 0.1) is 0 Å². The van der Waals surface area contributed by atoms with Crippen LogP contribution < -0.4 is 14.2 Å². The van der Waals surface area contributed by atoms with E-state index in [0.29, 0.717) is 34.5 Å². The van der Waals surface area contributed by atoms with Crippen LogP contribution in [0.25, 0.3) is 11.4 Å². The van der Waals surface area contributed by atoms with Gasteiger partial charge in [-0.3, -0.25) is 0 Å². The van der Waals surface area contributed by atoms with E-state index in [0.717, 1.165) is 0 Å². The molecule has 0 saturated carbocycles. The monoisotopic (exact) mass is 284 g/mol. The van der Waals surface area contributed by atoms with Gasteiger partial charge in [0.25, 0.3) is 0 Å². The van der Waals surface area contributed by atoms with Crippen molar-refractivity contribution in [1.82, 2.24) is 10.1 Å². The van der Waals surface area contributed by atoms with Crippen molar-refractivity contribution in [3.05, 3.63) is 18.0 Å². The molecule has 0 unspecified atom stereocenters. The third-order valence-electron chi connectivity index (χ3n) is 2.53. The molecule has 2 aromatic rings. The van der Waals surface area contributed by atoms with E-state index in [4.69, 9.17) is 30.3 Å². The van der Waals surface area contributed by atoms with E-state index in [9.17, 15) is 0 Å². The van der Waals surface area contributed by atoms with Gasteiger partial charge in [-0.15, -0.1) is 11.6 Å². The highest BCUT2D eigenvalue weighted by Gasteiger charge is 2.20. The topological polar surface area (TPSA) is 66.6 Å². The highest BCUT2D eigenvalue weighted by molar-refractivity contribution is 6.16. The zero-order chi connectivity index (χ0) is 13.8. The van der Waals surface area contributed by atoms with Crippen molar-refractivity contribution in [2.75, 3.05) is 21.3 Å². The first kappa shape index (κ1) is 13.5. The van der Waals surface area contributed by atoms with Crippen LogP contribution in [0.1, 0.15) is 5.89 Å². The van der Waals surface area contributed by atoms with Gasteiger partial charge in [-0.25, -0.2) is 0 Å². The maximum Gasteiger partial charge on any atom is 0.241 e. The Morgan fingerprint density at radius 3 is 2.37 bits per heavy atom. The third-order valence-corrected chi connectivity index (χ3v) is 2.76. The average molecular weight is 285 g/mol. The van der Waals surface area contributed by atoms with E-state index in [2.05, 4.69) is 10.1 Å². The first-order valence-electron chi connectivity index (χ1n) is 5.43. The van der Waals surface area contributed by atoms with E-state index in [1.54, 1.807) is 19.2 Å². The van der Waals surface area contributed by atoms with Crippen molar-refractivity contribution < 1.29 is 18.7 Å². The first-order chi connectivity index (χ1) is 9.24. The predicted octanol–water partition coefficient (Wildman–Crippen LogP) is 2.50. The number of hydrogen-bond acceptors (Lipinski definition) is 6. The molecule has 0 fully saturated rings. The van der Waals surface area contributed by atoms with Gasteiger partial charge in [0.05, 0.1) is 26.9 Å². The van der Waals surface area contributed by atoms with Crippen LogP contribution in [-0.4, -0.2) is 31.5 Å². The van der Waals surface area contributed by atoms with Gasteiger partial charge in [-0.05, 0) is 12.1 Å². The molecule has 0 N–H and O–H groups in total. The lowest BCUT2D eigenvalue weighted by Crippen LogP contribution is -1.97. The summed E-state index contributed by atoms with van der Waals surface area (Å²) in [5.41, 5.74) is 0.639. The summed E-state index contributed by atoms with van der Waals surface area (Å²) in [6.07, 6.45) is 0. The van der Waals surface area contributed by atoms with Crippen LogP contribution in [0.3, 0.4) is 0 Å². The lowest BCUT2D eigenvalue weighted by Gasteiger charge is -2.13. The molecule has 6 nitrogen and oxygen atoms in total. The fraction of sp³-hybridized carbons (Fsp3) is 0.333. The molecule has 1 heterocycles. The molecule has 0 spiro atoms. The molecule has 0 aliphatic heterocycles. The summed E-state index contributed by atoms with van der Waals surface area (Å²) < 4.78 is 20.8. The van der Waals surface area contributed by atoms with Gasteiger partial charge in [0, 0.05) is 0 Å². The maximum atomic E-state index is 5.64. The summed E-state index contributed by atoms with van der Waals surface area (Å²) in [6, 6.07) is 3.51. The molecule has 0 bridgehead atoms. The summed E-state index contributed by atoms with van der Waals surface area (Å²) in [5.74, 6) is 2.39. The highest BCUT2D eigenvalue weighted by atomic mass is 35.5. The number of alkyl halides is 1. The molecule has 0 atom stereocenters. The van der Waals surface area contributed by atoms with E-state index in [-0.39, 0.29) is 5.88 Å². The Labute approximate surface area is 115 Å². The Hall–Kier alpha value is -1.95. The van der Waals surface area contributed by atoms with Crippen LogP contribution >= 0.6 is 11.6 Å². The molecule has 0 aliphatic rings. The van der Waals surface area contributed by atoms with E-state index >= 15 is 0 Å². The molecule has 19 heavy (non-hydrogen) atoms. The van der Waals surface area contributed by atoms with Gasteiger partial charge < -0.3 is 18.7 Å². The maximum absolute atomic E-state index is 5.64. The smallest absolute Gasteiger partial charge is 0.241 e. The summed E-state index contributed by atoms with van der Waals surface area (Å²) in [7, 11) is 4.62. The van der Waals surface area contributed by atoms with E-state index < -0.39 is 0 Å². The van der Waals surface area contributed by atoms with Crippen molar-refractivity contribution in [1.29, 1.82) is 0 Å². The summed E-state index contributed by atoms with van der Waals surface area (Å²) in [4.78, 5) is 4.15. The van der Waals surface area contributed by atoms with Crippen molar-refractivity contribution in [2.24, 2.45) is 0 Å². The second-order valence-corrected chi connectivity index (χ2v) is 3.79.